The number of pyridine rings is 1. The highest BCUT2D eigenvalue weighted by Crippen LogP contribution is 2.20. The summed E-state index contributed by atoms with van der Waals surface area (Å²) in [5, 5.41) is 7.13. The molecule has 1 aromatic carbocycles. The van der Waals surface area contributed by atoms with Crippen LogP contribution in [0.3, 0.4) is 0 Å². The Hall–Kier alpha value is -3.81. The molecule has 27 heavy (non-hydrogen) atoms. The van der Waals surface area contributed by atoms with Crippen LogP contribution in [0.4, 0.5) is 10.1 Å². The van der Waals surface area contributed by atoms with Crippen LogP contribution in [0.15, 0.2) is 67.4 Å². The Morgan fingerprint density at radius 2 is 1.96 bits per heavy atom. The SMILES string of the molecule is Cn1nc(-c2ccc(F)cc2)cc1C(=O)Nc1ccc(-n2ccnc2)nc1. The van der Waals surface area contributed by atoms with Crippen molar-refractivity contribution in [2.45, 2.75) is 0 Å². The van der Waals surface area contributed by atoms with Gasteiger partial charge >= 0.3 is 0 Å². The molecule has 134 valence electrons. The fraction of sp³-hybridized carbons (Fsp3) is 0.0526. The Morgan fingerprint density at radius 3 is 2.63 bits per heavy atom. The van der Waals surface area contributed by atoms with E-state index in [-0.39, 0.29) is 11.7 Å². The number of nitrogens with zero attached hydrogens (tertiary/aromatic N) is 5. The first-order valence-electron chi connectivity index (χ1n) is 8.16. The van der Waals surface area contributed by atoms with Crippen molar-refractivity contribution in [1.29, 1.82) is 0 Å². The summed E-state index contributed by atoms with van der Waals surface area (Å²) >= 11 is 0. The summed E-state index contributed by atoms with van der Waals surface area (Å²) in [7, 11) is 1.68. The minimum atomic E-state index is -0.320. The van der Waals surface area contributed by atoms with E-state index in [0.717, 1.165) is 5.56 Å². The summed E-state index contributed by atoms with van der Waals surface area (Å²) in [6.45, 7) is 0. The zero-order valence-corrected chi connectivity index (χ0v) is 14.4. The Bertz CT molecular complexity index is 1070. The monoisotopic (exact) mass is 362 g/mol. The van der Waals surface area contributed by atoms with Gasteiger partial charge in [0.15, 0.2) is 0 Å². The standard InChI is InChI=1S/C19H15FN6O/c1-25-17(10-16(24-25)13-2-4-14(20)5-3-13)19(27)23-15-6-7-18(22-11-15)26-9-8-21-12-26/h2-12H,1H3,(H,23,27). The summed E-state index contributed by atoms with van der Waals surface area (Å²) in [6.07, 6.45) is 6.67. The number of amides is 1. The van der Waals surface area contributed by atoms with E-state index in [2.05, 4.69) is 20.4 Å². The van der Waals surface area contributed by atoms with Crippen LogP contribution in [0.2, 0.25) is 0 Å². The van der Waals surface area contributed by atoms with Crippen LogP contribution in [-0.4, -0.2) is 30.2 Å². The maximum Gasteiger partial charge on any atom is 0.273 e. The Morgan fingerprint density at radius 1 is 1.15 bits per heavy atom. The molecule has 0 radical (unpaired) electrons. The van der Waals surface area contributed by atoms with Crippen LogP contribution in [0, 0.1) is 5.82 Å². The van der Waals surface area contributed by atoms with E-state index in [1.807, 2.05) is 0 Å². The molecule has 1 amide bonds. The third kappa shape index (κ3) is 3.45. The molecule has 0 spiro atoms. The number of carbonyl (C=O) groups is 1. The second kappa shape index (κ2) is 6.83. The molecule has 3 heterocycles. The van der Waals surface area contributed by atoms with Crippen LogP contribution in [0.25, 0.3) is 17.1 Å². The quantitative estimate of drug-likeness (QED) is 0.605. The molecule has 0 saturated heterocycles. The molecule has 0 bridgehead atoms. The molecular formula is C19H15FN6O. The minimum absolute atomic E-state index is 0.310. The lowest BCUT2D eigenvalue weighted by Crippen LogP contribution is -2.16. The molecule has 0 aliphatic heterocycles. The molecule has 3 aromatic heterocycles. The van der Waals surface area contributed by atoms with E-state index in [4.69, 9.17) is 0 Å². The number of aryl methyl sites for hydroxylation is 1. The Labute approximate surface area is 154 Å². The smallest absolute Gasteiger partial charge is 0.273 e. The number of rotatable bonds is 4. The van der Waals surface area contributed by atoms with Gasteiger partial charge in [0.2, 0.25) is 0 Å². The molecular weight excluding hydrogens is 347 g/mol. The number of imidazole rings is 1. The van der Waals surface area contributed by atoms with Crippen LogP contribution in [-0.2, 0) is 7.05 Å². The van der Waals surface area contributed by atoms with Crippen molar-refractivity contribution in [1.82, 2.24) is 24.3 Å². The largest absolute Gasteiger partial charge is 0.319 e. The molecule has 1 N–H and O–H groups in total. The van der Waals surface area contributed by atoms with E-state index in [9.17, 15) is 9.18 Å². The number of anilines is 1. The van der Waals surface area contributed by atoms with Gasteiger partial charge in [-0.05, 0) is 42.5 Å². The second-order valence-corrected chi connectivity index (χ2v) is 5.87. The van der Waals surface area contributed by atoms with E-state index in [0.29, 0.717) is 22.9 Å². The van der Waals surface area contributed by atoms with Gasteiger partial charge in [-0.1, -0.05) is 0 Å². The molecule has 8 heteroatoms. The van der Waals surface area contributed by atoms with Crippen LogP contribution in [0.1, 0.15) is 10.5 Å². The molecule has 0 unspecified atom stereocenters. The fourth-order valence-corrected chi connectivity index (χ4v) is 2.64. The van der Waals surface area contributed by atoms with Crippen molar-refractivity contribution in [2.24, 2.45) is 7.05 Å². The van der Waals surface area contributed by atoms with Gasteiger partial charge in [-0.15, -0.1) is 0 Å². The van der Waals surface area contributed by atoms with Gasteiger partial charge in [0.05, 0.1) is 17.6 Å². The van der Waals surface area contributed by atoms with Gasteiger partial charge in [-0.2, -0.15) is 5.10 Å². The highest BCUT2D eigenvalue weighted by atomic mass is 19.1. The molecule has 4 aromatic rings. The van der Waals surface area contributed by atoms with Crippen molar-refractivity contribution in [3.63, 3.8) is 0 Å². The molecule has 7 nitrogen and oxygen atoms in total. The van der Waals surface area contributed by atoms with Crippen molar-refractivity contribution in [3.8, 4) is 17.1 Å². The second-order valence-electron chi connectivity index (χ2n) is 5.87. The van der Waals surface area contributed by atoms with Gasteiger partial charge in [0, 0.05) is 25.0 Å². The lowest BCUT2D eigenvalue weighted by Gasteiger charge is -2.06. The number of hydrogen-bond donors (Lipinski definition) is 1. The predicted octanol–water partition coefficient (Wildman–Crippen LogP) is 3.06. The van der Waals surface area contributed by atoms with E-state index < -0.39 is 0 Å². The zero-order valence-electron chi connectivity index (χ0n) is 14.4. The van der Waals surface area contributed by atoms with Crippen LogP contribution >= 0.6 is 0 Å². The van der Waals surface area contributed by atoms with Gasteiger partial charge in [-0.25, -0.2) is 14.4 Å². The van der Waals surface area contributed by atoms with Gasteiger partial charge in [0.25, 0.3) is 5.91 Å². The zero-order chi connectivity index (χ0) is 18.8. The van der Waals surface area contributed by atoms with Crippen molar-refractivity contribution < 1.29 is 9.18 Å². The molecule has 0 aliphatic carbocycles. The van der Waals surface area contributed by atoms with E-state index in [1.54, 1.807) is 66.9 Å². The topological polar surface area (TPSA) is 77.6 Å². The summed E-state index contributed by atoms with van der Waals surface area (Å²) in [6, 6.07) is 11.2. The van der Waals surface area contributed by atoms with E-state index in [1.165, 1.54) is 16.8 Å². The molecule has 0 saturated carbocycles. The normalized spacial score (nSPS) is 10.7. The number of benzene rings is 1. The van der Waals surface area contributed by atoms with Crippen LogP contribution in [0.5, 0.6) is 0 Å². The Balaban J connectivity index is 1.52. The van der Waals surface area contributed by atoms with Gasteiger partial charge in [-0.3, -0.25) is 14.0 Å². The predicted molar refractivity (Wildman–Crippen MR) is 97.9 cm³/mol. The average molecular weight is 362 g/mol. The van der Waals surface area contributed by atoms with Crippen molar-refractivity contribution >= 4 is 11.6 Å². The third-order valence-electron chi connectivity index (χ3n) is 4.03. The minimum Gasteiger partial charge on any atom is -0.319 e. The van der Waals surface area contributed by atoms with E-state index >= 15 is 0 Å². The summed E-state index contributed by atoms with van der Waals surface area (Å²) in [5.41, 5.74) is 2.27. The first-order chi connectivity index (χ1) is 13.1. The number of carbonyl (C=O) groups excluding carboxylic acids is 1. The van der Waals surface area contributed by atoms with Crippen LogP contribution < -0.4 is 5.32 Å². The summed E-state index contributed by atoms with van der Waals surface area (Å²) < 4.78 is 16.3. The molecule has 0 fully saturated rings. The third-order valence-corrected chi connectivity index (χ3v) is 4.03. The highest BCUT2D eigenvalue weighted by Gasteiger charge is 2.15. The Kier molecular flexibility index (Phi) is 4.21. The van der Waals surface area contributed by atoms with Crippen molar-refractivity contribution in [2.75, 3.05) is 5.32 Å². The summed E-state index contributed by atoms with van der Waals surface area (Å²) in [5.74, 6) is 0.0689. The molecule has 4 rings (SSSR count). The first kappa shape index (κ1) is 16.6. The maximum absolute atomic E-state index is 13.1. The number of aromatic nitrogens is 5. The van der Waals surface area contributed by atoms with Gasteiger partial charge in [0.1, 0.15) is 23.7 Å². The summed E-state index contributed by atoms with van der Waals surface area (Å²) in [4.78, 5) is 20.8. The molecule has 0 atom stereocenters. The lowest BCUT2D eigenvalue weighted by molar-refractivity contribution is 0.101. The lowest BCUT2D eigenvalue weighted by atomic mass is 10.1. The molecule has 0 aliphatic rings. The number of hydrogen-bond acceptors (Lipinski definition) is 4. The average Bonchev–Trinajstić information content (AvgIpc) is 3.33. The highest BCUT2D eigenvalue weighted by molar-refractivity contribution is 6.03. The fourth-order valence-electron chi connectivity index (χ4n) is 2.64. The maximum atomic E-state index is 13.1. The first-order valence-corrected chi connectivity index (χ1v) is 8.16. The van der Waals surface area contributed by atoms with Crippen molar-refractivity contribution in [3.05, 3.63) is 78.9 Å². The number of nitrogens with one attached hydrogen (secondary N) is 1. The van der Waals surface area contributed by atoms with Gasteiger partial charge < -0.3 is 5.32 Å². The number of halogens is 1.